The van der Waals surface area contributed by atoms with Crippen molar-refractivity contribution in [2.75, 3.05) is 19.6 Å². The topological polar surface area (TPSA) is 40.6 Å². The molecule has 0 saturated carbocycles. The van der Waals surface area contributed by atoms with Gasteiger partial charge in [-0.15, -0.1) is 0 Å². The molecule has 4 heteroatoms. The molecule has 4 nitrogen and oxygen atoms in total. The highest BCUT2D eigenvalue weighted by molar-refractivity contribution is 5.88. The van der Waals surface area contributed by atoms with Gasteiger partial charge in [0, 0.05) is 26.1 Å². The van der Waals surface area contributed by atoms with Crippen molar-refractivity contribution in [1.29, 1.82) is 0 Å². The average molecular weight is 280 g/mol. The summed E-state index contributed by atoms with van der Waals surface area (Å²) < 4.78 is 0. The lowest BCUT2D eigenvalue weighted by Gasteiger charge is -2.28. The Hall–Kier alpha value is -1.06. The molecule has 0 aliphatic carbocycles. The van der Waals surface area contributed by atoms with Gasteiger partial charge < -0.3 is 9.80 Å². The van der Waals surface area contributed by atoms with Gasteiger partial charge in [0.05, 0.1) is 0 Å². The van der Waals surface area contributed by atoms with Crippen LogP contribution in [0.2, 0.25) is 0 Å². The molecule has 2 fully saturated rings. The summed E-state index contributed by atoms with van der Waals surface area (Å²) in [6, 6.07) is -0.167. The molecule has 1 atom stereocenters. The van der Waals surface area contributed by atoms with Gasteiger partial charge in [0.1, 0.15) is 6.04 Å². The van der Waals surface area contributed by atoms with Gasteiger partial charge in [0.15, 0.2) is 0 Å². The van der Waals surface area contributed by atoms with Crippen LogP contribution in [0.1, 0.15) is 58.8 Å². The molecule has 114 valence electrons. The van der Waals surface area contributed by atoms with E-state index >= 15 is 0 Å². The molecule has 0 N–H and O–H groups in total. The quantitative estimate of drug-likeness (QED) is 0.776. The van der Waals surface area contributed by atoms with Crippen molar-refractivity contribution in [3.63, 3.8) is 0 Å². The second-order valence-corrected chi connectivity index (χ2v) is 6.56. The Kier molecular flexibility index (Phi) is 5.44. The molecular formula is C16H28N2O2. The van der Waals surface area contributed by atoms with E-state index in [4.69, 9.17) is 0 Å². The van der Waals surface area contributed by atoms with Gasteiger partial charge in [0.25, 0.3) is 0 Å². The maximum Gasteiger partial charge on any atom is 0.245 e. The van der Waals surface area contributed by atoms with Crippen molar-refractivity contribution >= 4 is 11.8 Å². The largest absolute Gasteiger partial charge is 0.341 e. The molecule has 2 aliphatic rings. The van der Waals surface area contributed by atoms with Crippen molar-refractivity contribution in [3.05, 3.63) is 0 Å². The van der Waals surface area contributed by atoms with E-state index in [2.05, 4.69) is 13.8 Å². The van der Waals surface area contributed by atoms with Crippen molar-refractivity contribution < 1.29 is 9.59 Å². The first-order chi connectivity index (χ1) is 9.59. The Morgan fingerprint density at radius 3 is 2.45 bits per heavy atom. The SMILES string of the molecule is CC(C)CCCC(=O)N1CCCC1C(=O)N1CCCC1. The number of amides is 2. The molecule has 0 spiro atoms. The summed E-state index contributed by atoms with van der Waals surface area (Å²) in [4.78, 5) is 28.6. The van der Waals surface area contributed by atoms with Crippen LogP contribution in [0.4, 0.5) is 0 Å². The second-order valence-electron chi connectivity index (χ2n) is 6.56. The van der Waals surface area contributed by atoms with E-state index in [0.717, 1.165) is 58.2 Å². The van der Waals surface area contributed by atoms with Crippen molar-refractivity contribution in [2.24, 2.45) is 5.92 Å². The molecule has 2 amide bonds. The molecule has 1 unspecified atom stereocenters. The third-order valence-corrected chi connectivity index (χ3v) is 4.45. The molecule has 2 saturated heterocycles. The second kappa shape index (κ2) is 7.09. The minimum atomic E-state index is -0.167. The molecule has 2 rings (SSSR count). The monoisotopic (exact) mass is 280 g/mol. The number of likely N-dealkylation sites (tertiary alicyclic amines) is 2. The van der Waals surface area contributed by atoms with E-state index in [1.807, 2.05) is 9.80 Å². The maximum atomic E-state index is 12.5. The summed E-state index contributed by atoms with van der Waals surface area (Å²) >= 11 is 0. The molecular weight excluding hydrogens is 252 g/mol. The summed E-state index contributed by atoms with van der Waals surface area (Å²) in [5.74, 6) is 1.02. The van der Waals surface area contributed by atoms with Crippen LogP contribution < -0.4 is 0 Å². The Balaban J connectivity index is 1.86. The van der Waals surface area contributed by atoms with Crippen LogP contribution in [-0.2, 0) is 9.59 Å². The first-order valence-corrected chi connectivity index (χ1v) is 8.18. The third kappa shape index (κ3) is 3.74. The van der Waals surface area contributed by atoms with Crippen LogP contribution >= 0.6 is 0 Å². The van der Waals surface area contributed by atoms with Gasteiger partial charge in [-0.3, -0.25) is 9.59 Å². The number of carbonyl (C=O) groups excluding carboxylic acids is 2. The van der Waals surface area contributed by atoms with Gasteiger partial charge >= 0.3 is 0 Å². The van der Waals surface area contributed by atoms with E-state index in [0.29, 0.717) is 12.3 Å². The summed E-state index contributed by atoms with van der Waals surface area (Å²) in [5, 5.41) is 0. The number of hydrogen-bond acceptors (Lipinski definition) is 2. The number of nitrogens with zero attached hydrogens (tertiary/aromatic N) is 2. The minimum Gasteiger partial charge on any atom is -0.341 e. The van der Waals surface area contributed by atoms with Crippen LogP contribution in [0.3, 0.4) is 0 Å². The summed E-state index contributed by atoms with van der Waals surface area (Å²) in [5.41, 5.74) is 0. The minimum absolute atomic E-state index is 0.167. The highest BCUT2D eigenvalue weighted by Crippen LogP contribution is 2.23. The molecule has 0 aromatic rings. The highest BCUT2D eigenvalue weighted by atomic mass is 16.2. The van der Waals surface area contributed by atoms with E-state index in [1.54, 1.807) is 0 Å². The summed E-state index contributed by atoms with van der Waals surface area (Å²) in [6.45, 7) is 6.89. The number of hydrogen-bond donors (Lipinski definition) is 0. The van der Waals surface area contributed by atoms with Crippen LogP contribution in [0.15, 0.2) is 0 Å². The van der Waals surface area contributed by atoms with Crippen molar-refractivity contribution in [3.8, 4) is 0 Å². The standard InChI is InChI=1S/C16H28N2O2/c1-13(2)7-5-9-15(19)18-12-6-8-14(18)16(20)17-10-3-4-11-17/h13-14H,3-12H2,1-2H3. The molecule has 0 radical (unpaired) electrons. The Morgan fingerprint density at radius 1 is 1.10 bits per heavy atom. The van der Waals surface area contributed by atoms with Gasteiger partial charge in [0.2, 0.25) is 11.8 Å². The molecule has 0 aromatic carbocycles. The van der Waals surface area contributed by atoms with Crippen molar-refractivity contribution in [2.45, 2.75) is 64.8 Å². The molecule has 0 aromatic heterocycles. The molecule has 2 aliphatic heterocycles. The molecule has 0 bridgehead atoms. The molecule has 2 heterocycles. The first kappa shape index (κ1) is 15.3. The van der Waals surface area contributed by atoms with Crippen LogP contribution in [-0.4, -0.2) is 47.3 Å². The first-order valence-electron chi connectivity index (χ1n) is 8.18. The van der Waals surface area contributed by atoms with Crippen molar-refractivity contribution in [1.82, 2.24) is 9.80 Å². The number of carbonyl (C=O) groups is 2. The zero-order valence-corrected chi connectivity index (χ0v) is 12.9. The predicted molar refractivity (Wildman–Crippen MR) is 79.2 cm³/mol. The van der Waals surface area contributed by atoms with Gasteiger partial charge in [-0.1, -0.05) is 20.3 Å². The zero-order valence-electron chi connectivity index (χ0n) is 12.9. The maximum absolute atomic E-state index is 12.5. The van der Waals surface area contributed by atoms with E-state index in [1.165, 1.54) is 0 Å². The van der Waals surface area contributed by atoms with E-state index in [-0.39, 0.29) is 17.9 Å². The predicted octanol–water partition coefficient (Wildman–Crippen LogP) is 2.43. The van der Waals surface area contributed by atoms with Gasteiger partial charge in [-0.25, -0.2) is 0 Å². The average Bonchev–Trinajstić information content (AvgIpc) is 3.08. The smallest absolute Gasteiger partial charge is 0.245 e. The lowest BCUT2D eigenvalue weighted by atomic mass is 10.1. The van der Waals surface area contributed by atoms with E-state index < -0.39 is 0 Å². The lowest BCUT2D eigenvalue weighted by Crippen LogP contribution is -2.46. The zero-order chi connectivity index (χ0) is 14.5. The van der Waals surface area contributed by atoms with Crippen LogP contribution in [0, 0.1) is 5.92 Å². The van der Waals surface area contributed by atoms with Gasteiger partial charge in [-0.2, -0.15) is 0 Å². The van der Waals surface area contributed by atoms with Crippen LogP contribution in [0.5, 0.6) is 0 Å². The fraction of sp³-hybridized carbons (Fsp3) is 0.875. The Labute approximate surface area is 122 Å². The number of rotatable bonds is 5. The fourth-order valence-corrected chi connectivity index (χ4v) is 3.28. The normalized spacial score (nSPS) is 22.9. The Morgan fingerprint density at radius 2 is 1.80 bits per heavy atom. The van der Waals surface area contributed by atoms with E-state index in [9.17, 15) is 9.59 Å². The fourth-order valence-electron chi connectivity index (χ4n) is 3.28. The molecule has 20 heavy (non-hydrogen) atoms. The highest BCUT2D eigenvalue weighted by Gasteiger charge is 2.36. The van der Waals surface area contributed by atoms with Gasteiger partial charge in [-0.05, 0) is 38.0 Å². The van der Waals surface area contributed by atoms with Crippen LogP contribution in [0.25, 0.3) is 0 Å². The lowest BCUT2D eigenvalue weighted by molar-refractivity contribution is -0.143. The Bertz CT molecular complexity index is 348. The summed E-state index contributed by atoms with van der Waals surface area (Å²) in [6.07, 6.45) is 6.68. The third-order valence-electron chi connectivity index (χ3n) is 4.45. The summed E-state index contributed by atoms with van der Waals surface area (Å²) in [7, 11) is 0.